The number of hydrogen-bond acceptors (Lipinski definition) is 5. The lowest BCUT2D eigenvalue weighted by Gasteiger charge is -2.28. The van der Waals surface area contributed by atoms with Crippen molar-refractivity contribution in [3.05, 3.63) is 65.5 Å². The van der Waals surface area contributed by atoms with Gasteiger partial charge in [-0.1, -0.05) is 29.8 Å². The summed E-state index contributed by atoms with van der Waals surface area (Å²) in [5.74, 6) is -3.70. The van der Waals surface area contributed by atoms with Crippen molar-refractivity contribution >= 4 is 23.5 Å². The van der Waals surface area contributed by atoms with E-state index in [1.807, 2.05) is 31.2 Å². The monoisotopic (exact) mass is 396 g/mol. The molecule has 2 aromatic carbocycles. The number of rotatable bonds is 3. The largest absolute Gasteiger partial charge is 0.468 e. The zero-order valence-electron chi connectivity index (χ0n) is 16.3. The van der Waals surface area contributed by atoms with Gasteiger partial charge in [0, 0.05) is 6.04 Å². The summed E-state index contributed by atoms with van der Waals surface area (Å²) in [6, 6.07) is 12.2. The third-order valence-electron chi connectivity index (χ3n) is 5.88. The van der Waals surface area contributed by atoms with Crippen molar-refractivity contribution < 1.29 is 23.5 Å². The number of anilines is 1. The van der Waals surface area contributed by atoms with E-state index in [0.29, 0.717) is 0 Å². The molecule has 4 rings (SSSR count). The summed E-state index contributed by atoms with van der Waals surface area (Å²) in [7, 11) is 1.25. The highest BCUT2D eigenvalue weighted by atomic mass is 19.1. The van der Waals surface area contributed by atoms with Crippen molar-refractivity contribution in [2.45, 2.75) is 25.4 Å². The highest BCUT2D eigenvalue weighted by Crippen LogP contribution is 2.50. The summed E-state index contributed by atoms with van der Waals surface area (Å²) in [5, 5.41) is 3.20. The van der Waals surface area contributed by atoms with E-state index in [2.05, 4.69) is 5.32 Å². The predicted molar refractivity (Wildman–Crippen MR) is 103 cm³/mol. The van der Waals surface area contributed by atoms with Crippen LogP contribution in [-0.2, 0) is 19.1 Å². The third kappa shape index (κ3) is 2.84. The number of benzene rings is 2. The van der Waals surface area contributed by atoms with Crippen LogP contribution in [0.5, 0.6) is 0 Å². The summed E-state index contributed by atoms with van der Waals surface area (Å²) in [6.45, 7) is 3.52. The molecule has 0 bridgehead atoms. The third-order valence-corrected chi connectivity index (χ3v) is 5.88. The van der Waals surface area contributed by atoms with Gasteiger partial charge in [-0.05, 0) is 43.7 Å². The van der Waals surface area contributed by atoms with E-state index in [4.69, 9.17) is 4.74 Å². The van der Waals surface area contributed by atoms with Crippen LogP contribution in [0.15, 0.2) is 48.5 Å². The molecule has 2 saturated heterocycles. The van der Waals surface area contributed by atoms with Crippen LogP contribution < -0.4 is 10.2 Å². The van der Waals surface area contributed by atoms with E-state index in [1.54, 1.807) is 6.92 Å². The smallest absolute Gasteiger partial charge is 0.326 e. The Bertz CT molecular complexity index is 1010. The van der Waals surface area contributed by atoms with Crippen LogP contribution >= 0.6 is 0 Å². The fraction of sp³-hybridized carbons (Fsp3) is 0.318. The number of ether oxygens (including phenoxy) is 1. The maximum Gasteiger partial charge on any atom is 0.326 e. The number of hydrogen-bond donors (Lipinski definition) is 1. The lowest BCUT2D eigenvalue weighted by atomic mass is 9.80. The molecule has 0 saturated carbocycles. The van der Waals surface area contributed by atoms with Gasteiger partial charge in [0.25, 0.3) is 0 Å². The zero-order chi connectivity index (χ0) is 20.9. The van der Waals surface area contributed by atoms with Crippen molar-refractivity contribution in [1.82, 2.24) is 5.32 Å². The van der Waals surface area contributed by atoms with Crippen molar-refractivity contribution in [2.24, 2.45) is 11.8 Å². The van der Waals surface area contributed by atoms with Gasteiger partial charge in [0.2, 0.25) is 11.8 Å². The van der Waals surface area contributed by atoms with Gasteiger partial charge < -0.3 is 4.74 Å². The fourth-order valence-electron chi connectivity index (χ4n) is 4.53. The van der Waals surface area contributed by atoms with Crippen LogP contribution in [0.1, 0.15) is 24.1 Å². The number of nitrogens with one attached hydrogen (secondary N) is 1. The molecule has 4 atom stereocenters. The van der Waals surface area contributed by atoms with Crippen LogP contribution in [0.2, 0.25) is 0 Å². The van der Waals surface area contributed by atoms with Gasteiger partial charge >= 0.3 is 5.97 Å². The van der Waals surface area contributed by atoms with Crippen molar-refractivity contribution in [2.75, 3.05) is 12.0 Å². The number of imide groups is 1. The second-order valence-electron chi connectivity index (χ2n) is 7.72. The van der Waals surface area contributed by atoms with E-state index >= 15 is 0 Å². The molecule has 2 aliphatic heterocycles. The summed E-state index contributed by atoms with van der Waals surface area (Å²) in [6.07, 6.45) is 0. The summed E-state index contributed by atoms with van der Waals surface area (Å²) in [5.41, 5.74) is 0.732. The number of fused-ring (bicyclic) bond motifs is 1. The quantitative estimate of drug-likeness (QED) is 0.637. The molecule has 0 aromatic heterocycles. The molecule has 2 amide bonds. The molecular formula is C22H21FN2O4. The molecule has 29 heavy (non-hydrogen) atoms. The molecule has 0 unspecified atom stereocenters. The van der Waals surface area contributed by atoms with Crippen LogP contribution in [0.3, 0.4) is 0 Å². The molecular weight excluding hydrogens is 375 g/mol. The van der Waals surface area contributed by atoms with Gasteiger partial charge in [-0.15, -0.1) is 0 Å². The number of methoxy groups -OCH3 is 1. The van der Waals surface area contributed by atoms with Gasteiger partial charge in [-0.25, -0.2) is 9.29 Å². The van der Waals surface area contributed by atoms with E-state index < -0.39 is 47.0 Å². The maximum absolute atomic E-state index is 13.4. The lowest BCUT2D eigenvalue weighted by Crippen LogP contribution is -2.54. The molecule has 6 nitrogen and oxygen atoms in total. The first-order chi connectivity index (χ1) is 13.8. The molecule has 2 heterocycles. The standard InChI is InChI=1S/C22H21FN2O4/c1-12-5-4-6-13(11-12)18-16-17(22(2,24-18)21(28)29-3)20(27)25(19(16)26)15-9-7-14(23)8-10-15/h4-11,16-18,24H,1-3H3/t16-,17+,18+,22+/m0/s1. The Labute approximate surface area is 167 Å². The first-order valence-corrected chi connectivity index (χ1v) is 9.34. The van der Waals surface area contributed by atoms with E-state index in [-0.39, 0.29) is 5.69 Å². The Kier molecular flexibility index (Phi) is 4.50. The fourth-order valence-corrected chi connectivity index (χ4v) is 4.53. The maximum atomic E-state index is 13.4. The molecule has 2 aliphatic rings. The van der Waals surface area contributed by atoms with Crippen LogP contribution in [0, 0.1) is 24.6 Å². The van der Waals surface area contributed by atoms with Gasteiger partial charge in [0.1, 0.15) is 11.4 Å². The minimum absolute atomic E-state index is 0.283. The number of esters is 1. The Morgan fingerprint density at radius 2 is 1.83 bits per heavy atom. The van der Waals surface area contributed by atoms with Gasteiger partial charge in [0.15, 0.2) is 0 Å². The van der Waals surface area contributed by atoms with E-state index in [9.17, 15) is 18.8 Å². The lowest BCUT2D eigenvalue weighted by molar-refractivity contribution is -0.151. The first kappa shape index (κ1) is 19.3. The van der Waals surface area contributed by atoms with Crippen molar-refractivity contribution in [1.29, 1.82) is 0 Å². The van der Waals surface area contributed by atoms with Gasteiger partial charge in [-0.3, -0.25) is 19.7 Å². The van der Waals surface area contributed by atoms with Crippen LogP contribution in [0.25, 0.3) is 0 Å². The minimum atomic E-state index is -1.37. The molecule has 0 aliphatic carbocycles. The molecule has 2 fully saturated rings. The highest BCUT2D eigenvalue weighted by molar-refractivity contribution is 6.24. The molecule has 7 heteroatoms. The number of aryl methyl sites for hydroxylation is 1. The number of amides is 2. The van der Waals surface area contributed by atoms with E-state index in [1.165, 1.54) is 31.4 Å². The Morgan fingerprint density at radius 1 is 1.14 bits per heavy atom. The van der Waals surface area contributed by atoms with E-state index in [0.717, 1.165) is 16.0 Å². The second-order valence-corrected chi connectivity index (χ2v) is 7.72. The molecule has 2 aromatic rings. The first-order valence-electron chi connectivity index (χ1n) is 9.34. The SMILES string of the molecule is COC(=O)[C@]1(C)N[C@H](c2cccc(C)c2)[C@H]2C(=O)N(c3ccc(F)cc3)C(=O)[C@@H]21. The Morgan fingerprint density at radius 3 is 2.45 bits per heavy atom. The number of halogens is 1. The molecule has 0 radical (unpaired) electrons. The summed E-state index contributed by atoms with van der Waals surface area (Å²) in [4.78, 5) is 40.4. The molecule has 1 N–H and O–H groups in total. The molecule has 0 spiro atoms. The summed E-state index contributed by atoms with van der Waals surface area (Å²) >= 11 is 0. The van der Waals surface area contributed by atoms with Crippen LogP contribution in [-0.4, -0.2) is 30.4 Å². The normalized spacial score (nSPS) is 28.6. The van der Waals surface area contributed by atoms with Crippen molar-refractivity contribution in [3.63, 3.8) is 0 Å². The predicted octanol–water partition coefficient (Wildman–Crippen LogP) is 2.52. The number of carbonyl (C=O) groups excluding carboxylic acids is 3. The molecule has 150 valence electrons. The second kappa shape index (κ2) is 6.77. The zero-order valence-corrected chi connectivity index (χ0v) is 16.3. The Hall–Kier alpha value is -3.06. The average Bonchev–Trinajstić information content (AvgIpc) is 3.16. The average molecular weight is 396 g/mol. The van der Waals surface area contributed by atoms with Crippen molar-refractivity contribution in [3.8, 4) is 0 Å². The van der Waals surface area contributed by atoms with Gasteiger partial charge in [-0.2, -0.15) is 0 Å². The van der Waals surface area contributed by atoms with Crippen LogP contribution in [0.4, 0.5) is 10.1 Å². The van der Waals surface area contributed by atoms with Gasteiger partial charge in [0.05, 0.1) is 24.6 Å². The Balaban J connectivity index is 1.83. The number of nitrogens with zero attached hydrogens (tertiary/aromatic N) is 1. The highest BCUT2D eigenvalue weighted by Gasteiger charge is 2.67. The minimum Gasteiger partial charge on any atom is -0.468 e. The summed E-state index contributed by atoms with van der Waals surface area (Å²) < 4.78 is 18.3. The number of carbonyl (C=O) groups is 3. The topological polar surface area (TPSA) is 75.7 Å².